The van der Waals surface area contributed by atoms with E-state index in [1.807, 2.05) is 0 Å². The number of nitrogens with one attached hydrogen (secondary N) is 2. The van der Waals surface area contributed by atoms with Crippen molar-refractivity contribution in [2.24, 2.45) is 0 Å². The topological polar surface area (TPSA) is 137 Å². The van der Waals surface area contributed by atoms with Gasteiger partial charge in [-0.25, -0.2) is 4.79 Å². The summed E-state index contributed by atoms with van der Waals surface area (Å²) in [7, 11) is 1.52. The van der Waals surface area contributed by atoms with Crippen LogP contribution in [-0.2, 0) is 14.3 Å². The number of aliphatic hydroxyl groups is 1. The standard InChI is InChI=1S/C25H33N3O7S/c1-25(2,3)35-24(33)27-19(15-36)23(32)28(13-14-29)21(18-7-5-6-8-20(18)30)22(31)26-16-9-11-17(34-4)12-10-16/h5-12,19,21,29-30,36H,13-15H2,1-4H3,(H,26,31)(H,27,33). The Balaban J connectivity index is 2.43. The summed E-state index contributed by atoms with van der Waals surface area (Å²) in [5.41, 5.74) is -0.230. The van der Waals surface area contributed by atoms with Crippen molar-refractivity contribution in [3.63, 3.8) is 0 Å². The van der Waals surface area contributed by atoms with Crippen molar-refractivity contribution in [3.05, 3.63) is 54.1 Å². The molecule has 0 aliphatic rings. The number of methoxy groups -OCH3 is 1. The molecule has 36 heavy (non-hydrogen) atoms. The molecular weight excluding hydrogens is 486 g/mol. The number of thiol groups is 1. The number of phenolic OH excluding ortho intramolecular Hbond substituents is 1. The number of amides is 3. The van der Waals surface area contributed by atoms with Crippen molar-refractivity contribution in [1.82, 2.24) is 10.2 Å². The lowest BCUT2D eigenvalue weighted by Gasteiger charge is -2.34. The molecular formula is C25H33N3O7S. The van der Waals surface area contributed by atoms with Gasteiger partial charge >= 0.3 is 6.09 Å². The average molecular weight is 520 g/mol. The van der Waals surface area contributed by atoms with E-state index in [0.29, 0.717) is 11.4 Å². The summed E-state index contributed by atoms with van der Waals surface area (Å²) in [6.45, 7) is 4.31. The van der Waals surface area contributed by atoms with Gasteiger partial charge in [0.25, 0.3) is 5.91 Å². The third-order valence-corrected chi connectivity index (χ3v) is 5.31. The van der Waals surface area contributed by atoms with Gasteiger partial charge in [0, 0.05) is 23.5 Å². The van der Waals surface area contributed by atoms with E-state index in [-0.39, 0.29) is 23.6 Å². The van der Waals surface area contributed by atoms with Crippen molar-refractivity contribution in [2.45, 2.75) is 38.5 Å². The molecule has 11 heteroatoms. The van der Waals surface area contributed by atoms with Crippen LogP contribution in [-0.4, -0.2) is 70.7 Å². The van der Waals surface area contributed by atoms with E-state index < -0.39 is 42.2 Å². The Labute approximate surface area is 216 Å². The highest BCUT2D eigenvalue weighted by Gasteiger charge is 2.37. The Morgan fingerprint density at radius 2 is 1.72 bits per heavy atom. The molecule has 0 saturated heterocycles. The second kappa shape index (κ2) is 13.0. The summed E-state index contributed by atoms with van der Waals surface area (Å²) >= 11 is 4.19. The van der Waals surface area contributed by atoms with Crippen molar-refractivity contribution in [2.75, 3.05) is 31.3 Å². The molecule has 2 rings (SSSR count). The number of benzene rings is 2. The molecule has 0 aliphatic heterocycles. The van der Waals surface area contributed by atoms with Gasteiger partial charge in [0.1, 0.15) is 29.2 Å². The third-order valence-electron chi connectivity index (χ3n) is 4.94. The lowest BCUT2D eigenvalue weighted by Crippen LogP contribution is -2.53. The Bertz CT molecular complexity index is 1040. The Morgan fingerprint density at radius 1 is 1.08 bits per heavy atom. The number of ether oxygens (including phenoxy) is 2. The summed E-state index contributed by atoms with van der Waals surface area (Å²) in [6, 6.07) is 10.1. The second-order valence-electron chi connectivity index (χ2n) is 8.82. The van der Waals surface area contributed by atoms with Gasteiger partial charge in [-0.1, -0.05) is 18.2 Å². The number of hydrogen-bond acceptors (Lipinski definition) is 8. The van der Waals surface area contributed by atoms with Gasteiger partial charge in [0.2, 0.25) is 5.91 Å². The molecule has 2 aromatic rings. The van der Waals surface area contributed by atoms with Gasteiger partial charge in [0.15, 0.2) is 0 Å². The molecule has 2 aromatic carbocycles. The second-order valence-corrected chi connectivity index (χ2v) is 9.18. The monoisotopic (exact) mass is 519 g/mol. The molecule has 196 valence electrons. The molecule has 0 heterocycles. The summed E-state index contributed by atoms with van der Waals surface area (Å²) in [5.74, 6) is -1.06. The molecule has 0 bridgehead atoms. The number of anilines is 1. The van der Waals surface area contributed by atoms with Gasteiger partial charge < -0.3 is 35.2 Å². The quantitative estimate of drug-likeness (QED) is 0.304. The van der Waals surface area contributed by atoms with Crippen molar-refractivity contribution < 1.29 is 34.1 Å². The number of nitrogens with zero attached hydrogens (tertiary/aromatic N) is 1. The number of para-hydroxylation sites is 1. The van der Waals surface area contributed by atoms with Crippen LogP contribution in [0.4, 0.5) is 10.5 Å². The molecule has 0 spiro atoms. The molecule has 2 unspecified atom stereocenters. The Kier molecular flexibility index (Phi) is 10.4. The van der Waals surface area contributed by atoms with E-state index >= 15 is 0 Å². The minimum absolute atomic E-state index is 0.104. The first kappa shape index (κ1) is 28.8. The van der Waals surface area contributed by atoms with Crippen LogP contribution in [0, 0.1) is 0 Å². The fourth-order valence-electron chi connectivity index (χ4n) is 3.36. The van der Waals surface area contributed by atoms with Crippen LogP contribution in [0.5, 0.6) is 11.5 Å². The maximum absolute atomic E-state index is 13.5. The van der Waals surface area contributed by atoms with E-state index in [1.165, 1.54) is 19.2 Å². The van der Waals surface area contributed by atoms with Crippen LogP contribution in [0.2, 0.25) is 0 Å². The Morgan fingerprint density at radius 3 is 2.25 bits per heavy atom. The number of carbonyl (C=O) groups excluding carboxylic acids is 3. The van der Waals surface area contributed by atoms with E-state index in [2.05, 4.69) is 23.3 Å². The molecule has 0 saturated carbocycles. The van der Waals surface area contributed by atoms with E-state index in [9.17, 15) is 24.6 Å². The summed E-state index contributed by atoms with van der Waals surface area (Å²) in [6.07, 6.45) is -0.833. The molecule has 0 fully saturated rings. The highest BCUT2D eigenvalue weighted by Crippen LogP contribution is 2.31. The maximum Gasteiger partial charge on any atom is 0.408 e. The zero-order valence-corrected chi connectivity index (χ0v) is 21.6. The van der Waals surface area contributed by atoms with Gasteiger partial charge in [-0.2, -0.15) is 12.6 Å². The zero-order chi connectivity index (χ0) is 26.9. The minimum atomic E-state index is -1.34. The number of aromatic hydroxyl groups is 1. The number of carbonyl (C=O) groups is 3. The SMILES string of the molecule is COc1ccc(NC(=O)C(c2ccccc2O)N(CCO)C(=O)C(CS)NC(=O)OC(C)(C)C)cc1. The van der Waals surface area contributed by atoms with Gasteiger partial charge in [-0.3, -0.25) is 9.59 Å². The number of hydrogen-bond donors (Lipinski definition) is 5. The molecule has 2 atom stereocenters. The smallest absolute Gasteiger partial charge is 0.408 e. The molecule has 10 nitrogen and oxygen atoms in total. The number of rotatable bonds is 10. The fraction of sp³-hybridized carbons (Fsp3) is 0.400. The lowest BCUT2D eigenvalue weighted by molar-refractivity contribution is -0.140. The number of aliphatic hydroxyl groups excluding tert-OH is 1. The first-order chi connectivity index (χ1) is 17.0. The zero-order valence-electron chi connectivity index (χ0n) is 20.7. The van der Waals surface area contributed by atoms with E-state index in [0.717, 1.165) is 4.90 Å². The Hall–Kier alpha value is -3.44. The normalized spacial score (nSPS) is 12.7. The van der Waals surface area contributed by atoms with Crippen molar-refractivity contribution in [3.8, 4) is 11.5 Å². The molecule has 4 N–H and O–H groups in total. The van der Waals surface area contributed by atoms with Crippen LogP contribution >= 0.6 is 12.6 Å². The highest BCUT2D eigenvalue weighted by molar-refractivity contribution is 7.80. The summed E-state index contributed by atoms with van der Waals surface area (Å²) in [5, 5.41) is 25.5. The van der Waals surface area contributed by atoms with Crippen LogP contribution in [0.3, 0.4) is 0 Å². The summed E-state index contributed by atoms with van der Waals surface area (Å²) < 4.78 is 10.4. The lowest BCUT2D eigenvalue weighted by atomic mass is 10.0. The number of phenols is 1. The van der Waals surface area contributed by atoms with Crippen molar-refractivity contribution >= 4 is 36.2 Å². The van der Waals surface area contributed by atoms with Crippen LogP contribution in [0.1, 0.15) is 32.4 Å². The summed E-state index contributed by atoms with van der Waals surface area (Å²) in [4.78, 5) is 40.5. The predicted octanol–water partition coefficient (Wildman–Crippen LogP) is 2.72. The van der Waals surface area contributed by atoms with Gasteiger partial charge in [-0.05, 0) is 51.1 Å². The largest absolute Gasteiger partial charge is 0.508 e. The number of alkyl carbamates (subject to hydrolysis) is 1. The molecule has 0 radical (unpaired) electrons. The van der Waals surface area contributed by atoms with E-state index in [1.54, 1.807) is 57.2 Å². The van der Waals surface area contributed by atoms with Gasteiger partial charge in [-0.15, -0.1) is 0 Å². The van der Waals surface area contributed by atoms with Crippen molar-refractivity contribution in [1.29, 1.82) is 0 Å². The molecule has 3 amide bonds. The fourth-order valence-corrected chi connectivity index (χ4v) is 3.61. The first-order valence-corrected chi connectivity index (χ1v) is 11.9. The predicted molar refractivity (Wildman–Crippen MR) is 138 cm³/mol. The molecule has 0 aliphatic carbocycles. The third kappa shape index (κ3) is 8.06. The van der Waals surface area contributed by atoms with Crippen LogP contribution in [0.15, 0.2) is 48.5 Å². The minimum Gasteiger partial charge on any atom is -0.508 e. The molecule has 0 aromatic heterocycles. The highest BCUT2D eigenvalue weighted by atomic mass is 32.1. The van der Waals surface area contributed by atoms with Crippen LogP contribution in [0.25, 0.3) is 0 Å². The van der Waals surface area contributed by atoms with E-state index in [4.69, 9.17) is 9.47 Å². The van der Waals surface area contributed by atoms with Gasteiger partial charge in [0.05, 0.1) is 13.7 Å². The van der Waals surface area contributed by atoms with Crippen LogP contribution < -0.4 is 15.4 Å². The average Bonchev–Trinajstić information content (AvgIpc) is 2.82. The maximum atomic E-state index is 13.5. The first-order valence-electron chi connectivity index (χ1n) is 11.2.